The first-order valence-corrected chi connectivity index (χ1v) is 8.78. The zero-order valence-electron chi connectivity index (χ0n) is 15.2. The van der Waals surface area contributed by atoms with Crippen molar-refractivity contribution >= 4 is 23.1 Å². The summed E-state index contributed by atoms with van der Waals surface area (Å²) in [6, 6.07) is 6.19. The summed E-state index contributed by atoms with van der Waals surface area (Å²) in [6.45, 7) is 1.61. The molecule has 0 saturated carbocycles. The van der Waals surface area contributed by atoms with Crippen LogP contribution in [0.4, 0.5) is 30.4 Å². The fourth-order valence-electron chi connectivity index (χ4n) is 3.11. The Morgan fingerprint density at radius 3 is 2.52 bits per heavy atom. The molecular weight excluding hydrogens is 391 g/mol. The highest BCUT2D eigenvalue weighted by molar-refractivity contribution is 5.95. The smallest absolute Gasteiger partial charge is 0.393 e. The molecule has 2 N–H and O–H groups in total. The first-order chi connectivity index (χ1) is 13.7. The van der Waals surface area contributed by atoms with Crippen LogP contribution < -0.4 is 10.6 Å². The van der Waals surface area contributed by atoms with Crippen LogP contribution in [0, 0.1) is 10.1 Å². The number of anilines is 2. The van der Waals surface area contributed by atoms with Crippen molar-refractivity contribution in [1.29, 1.82) is 0 Å². The molecule has 11 heteroatoms. The number of halogens is 3. The Labute approximate surface area is 163 Å². The van der Waals surface area contributed by atoms with Crippen molar-refractivity contribution < 1.29 is 22.9 Å². The van der Waals surface area contributed by atoms with Crippen LogP contribution in [-0.2, 0) is 6.18 Å². The van der Waals surface area contributed by atoms with Crippen molar-refractivity contribution in [3.05, 3.63) is 57.8 Å². The van der Waals surface area contributed by atoms with Gasteiger partial charge in [-0.25, -0.2) is 4.98 Å². The molecule has 0 unspecified atom stereocenters. The molecule has 1 aromatic heterocycles. The highest BCUT2D eigenvalue weighted by atomic mass is 19.4. The van der Waals surface area contributed by atoms with E-state index in [4.69, 9.17) is 5.73 Å². The highest BCUT2D eigenvalue weighted by Crippen LogP contribution is 2.29. The van der Waals surface area contributed by atoms with Crippen molar-refractivity contribution in [2.24, 2.45) is 0 Å². The van der Waals surface area contributed by atoms with Crippen molar-refractivity contribution in [3.8, 4) is 0 Å². The summed E-state index contributed by atoms with van der Waals surface area (Å²) in [7, 11) is 0. The van der Waals surface area contributed by atoms with E-state index in [1.54, 1.807) is 9.80 Å². The van der Waals surface area contributed by atoms with E-state index in [1.165, 1.54) is 18.2 Å². The molecule has 1 aromatic carbocycles. The van der Waals surface area contributed by atoms with Crippen LogP contribution in [0.1, 0.15) is 22.3 Å². The van der Waals surface area contributed by atoms with E-state index >= 15 is 0 Å². The number of benzene rings is 1. The maximum absolute atomic E-state index is 12.7. The van der Waals surface area contributed by atoms with Gasteiger partial charge in [0.05, 0.1) is 10.5 Å². The van der Waals surface area contributed by atoms with Crippen molar-refractivity contribution in [2.45, 2.75) is 12.6 Å². The summed E-state index contributed by atoms with van der Waals surface area (Å²) in [5.41, 5.74) is 4.54. The number of pyridine rings is 1. The van der Waals surface area contributed by atoms with E-state index in [9.17, 15) is 28.1 Å². The van der Waals surface area contributed by atoms with Gasteiger partial charge in [0.15, 0.2) is 0 Å². The molecule has 3 rings (SSSR count). The Morgan fingerprint density at radius 2 is 1.90 bits per heavy atom. The molecule has 1 aliphatic heterocycles. The van der Waals surface area contributed by atoms with Gasteiger partial charge in [-0.05, 0) is 30.7 Å². The molecule has 0 radical (unpaired) electrons. The highest BCUT2D eigenvalue weighted by Gasteiger charge is 2.31. The van der Waals surface area contributed by atoms with Crippen LogP contribution in [0.5, 0.6) is 0 Å². The number of aromatic nitrogens is 1. The monoisotopic (exact) mass is 409 g/mol. The first kappa shape index (κ1) is 20.4. The number of nitrogens with two attached hydrogens (primary N) is 1. The van der Waals surface area contributed by atoms with Crippen molar-refractivity contribution in [1.82, 2.24) is 9.88 Å². The minimum Gasteiger partial charge on any atom is -0.393 e. The Bertz CT molecular complexity index is 918. The van der Waals surface area contributed by atoms with Crippen LogP contribution in [-0.4, -0.2) is 46.9 Å². The van der Waals surface area contributed by atoms with E-state index in [0.717, 1.165) is 18.3 Å². The molecule has 154 valence electrons. The standard InChI is InChI=1S/C18H18F3N5O3/c19-18(20,21)13-3-5-16(23-11-13)24-6-1-7-25(9-8-24)17(27)12-2-4-14(22)15(10-12)26(28)29/h2-5,10-11H,1,6-9,22H2. The second kappa shape index (κ2) is 7.94. The van der Waals surface area contributed by atoms with E-state index in [-0.39, 0.29) is 22.8 Å². The second-order valence-corrected chi connectivity index (χ2v) is 6.57. The molecule has 2 aromatic rings. The number of nitrogens with zero attached hydrogens (tertiary/aromatic N) is 4. The second-order valence-electron chi connectivity index (χ2n) is 6.57. The Morgan fingerprint density at radius 1 is 1.14 bits per heavy atom. The lowest BCUT2D eigenvalue weighted by molar-refractivity contribution is -0.383. The lowest BCUT2D eigenvalue weighted by Crippen LogP contribution is -2.35. The largest absolute Gasteiger partial charge is 0.417 e. The molecule has 0 aliphatic carbocycles. The topological polar surface area (TPSA) is 106 Å². The van der Waals surface area contributed by atoms with Crippen LogP contribution in [0.15, 0.2) is 36.5 Å². The number of hydrogen-bond donors (Lipinski definition) is 1. The van der Waals surface area contributed by atoms with E-state index in [1.807, 2.05) is 0 Å². The number of rotatable bonds is 3. The van der Waals surface area contributed by atoms with E-state index in [0.29, 0.717) is 38.4 Å². The molecule has 0 bridgehead atoms. The van der Waals surface area contributed by atoms with Crippen LogP contribution in [0.2, 0.25) is 0 Å². The van der Waals surface area contributed by atoms with Gasteiger partial charge in [0.1, 0.15) is 11.5 Å². The van der Waals surface area contributed by atoms with Gasteiger partial charge in [-0.15, -0.1) is 0 Å². The predicted molar refractivity (Wildman–Crippen MR) is 99.5 cm³/mol. The van der Waals surface area contributed by atoms with Gasteiger partial charge in [-0.3, -0.25) is 14.9 Å². The first-order valence-electron chi connectivity index (χ1n) is 8.78. The summed E-state index contributed by atoms with van der Waals surface area (Å²) >= 11 is 0. The fourth-order valence-corrected chi connectivity index (χ4v) is 3.11. The summed E-state index contributed by atoms with van der Waals surface area (Å²) in [5.74, 6) is 0.0331. The maximum atomic E-state index is 12.7. The van der Waals surface area contributed by atoms with Crippen LogP contribution in [0.3, 0.4) is 0 Å². The molecule has 2 heterocycles. The molecule has 1 fully saturated rings. The number of amides is 1. The SMILES string of the molecule is Nc1ccc(C(=O)N2CCCN(c3ccc(C(F)(F)F)cn3)CC2)cc1[N+](=O)[O-]. The van der Waals surface area contributed by atoms with E-state index in [2.05, 4.69) is 4.98 Å². The molecule has 1 amide bonds. The normalized spacial score (nSPS) is 15.1. The number of nitro benzene ring substituents is 1. The maximum Gasteiger partial charge on any atom is 0.417 e. The Kier molecular flexibility index (Phi) is 5.57. The third kappa shape index (κ3) is 4.55. The average molecular weight is 409 g/mol. The van der Waals surface area contributed by atoms with Crippen molar-refractivity contribution in [3.63, 3.8) is 0 Å². The Hall–Kier alpha value is -3.37. The molecule has 8 nitrogen and oxygen atoms in total. The quantitative estimate of drug-likeness (QED) is 0.475. The van der Waals surface area contributed by atoms with Crippen LogP contribution >= 0.6 is 0 Å². The molecule has 1 aliphatic rings. The molecule has 29 heavy (non-hydrogen) atoms. The lowest BCUT2D eigenvalue weighted by atomic mass is 10.1. The number of carbonyl (C=O) groups is 1. The molecule has 0 spiro atoms. The van der Waals surface area contributed by atoms with Gasteiger partial charge in [0.25, 0.3) is 11.6 Å². The van der Waals surface area contributed by atoms with Crippen molar-refractivity contribution in [2.75, 3.05) is 36.8 Å². The van der Waals surface area contributed by atoms with Gasteiger partial charge >= 0.3 is 6.18 Å². The Balaban J connectivity index is 1.70. The van der Waals surface area contributed by atoms with Gasteiger partial charge < -0.3 is 15.5 Å². The third-order valence-corrected chi connectivity index (χ3v) is 4.66. The van der Waals surface area contributed by atoms with Gasteiger partial charge in [0, 0.05) is 44.0 Å². The minimum atomic E-state index is -4.45. The predicted octanol–water partition coefficient (Wildman–Crippen LogP) is 2.94. The lowest BCUT2D eigenvalue weighted by Gasteiger charge is -2.23. The number of nitro groups is 1. The van der Waals surface area contributed by atoms with E-state index < -0.39 is 16.7 Å². The number of carbonyl (C=O) groups excluding carboxylic acids is 1. The van der Waals surface area contributed by atoms with Gasteiger partial charge in [-0.1, -0.05) is 0 Å². The average Bonchev–Trinajstić information content (AvgIpc) is 2.93. The number of hydrogen-bond acceptors (Lipinski definition) is 6. The fraction of sp³-hybridized carbons (Fsp3) is 0.333. The summed E-state index contributed by atoms with van der Waals surface area (Å²) in [4.78, 5) is 30.4. The summed E-state index contributed by atoms with van der Waals surface area (Å²) in [6.07, 6.45) is -3.09. The summed E-state index contributed by atoms with van der Waals surface area (Å²) in [5, 5.41) is 11.0. The van der Waals surface area contributed by atoms with Gasteiger partial charge in [0.2, 0.25) is 0 Å². The van der Waals surface area contributed by atoms with Crippen LogP contribution in [0.25, 0.3) is 0 Å². The molecule has 1 saturated heterocycles. The van der Waals surface area contributed by atoms with Gasteiger partial charge in [-0.2, -0.15) is 13.2 Å². The molecular formula is C18H18F3N5O3. The zero-order chi connectivity index (χ0) is 21.2. The third-order valence-electron chi connectivity index (χ3n) is 4.66. The molecule has 0 atom stereocenters. The number of nitrogen functional groups attached to an aromatic ring is 1. The minimum absolute atomic E-state index is 0.0260. The zero-order valence-corrected chi connectivity index (χ0v) is 15.2. The summed E-state index contributed by atoms with van der Waals surface area (Å²) < 4.78 is 38.1. The number of alkyl halides is 3.